The molecule has 2 aliphatic rings. The molecule has 1 unspecified atom stereocenters. The van der Waals surface area contributed by atoms with Gasteiger partial charge in [-0.1, -0.05) is 0 Å². The summed E-state index contributed by atoms with van der Waals surface area (Å²) in [6.45, 7) is 7.37. The topological polar surface area (TPSA) is 85.7 Å². The van der Waals surface area contributed by atoms with E-state index in [1.807, 2.05) is 41.8 Å². The highest BCUT2D eigenvalue weighted by Gasteiger charge is 2.25. The Bertz CT molecular complexity index is 1610. The number of amides is 2. The lowest BCUT2D eigenvalue weighted by Gasteiger charge is -2.32. The van der Waals surface area contributed by atoms with Crippen LogP contribution < -0.4 is 10.1 Å². The number of rotatable bonds is 11. The number of fused-ring (bicyclic) bond motifs is 1. The molecule has 44 heavy (non-hydrogen) atoms. The van der Waals surface area contributed by atoms with Crippen molar-refractivity contribution in [3.05, 3.63) is 89.4 Å². The molecule has 1 N–H and O–H groups in total. The lowest BCUT2D eigenvalue weighted by atomic mass is 9.96. The predicted octanol–water partition coefficient (Wildman–Crippen LogP) is 6.37. The van der Waals surface area contributed by atoms with Gasteiger partial charge in [0.15, 0.2) is 0 Å². The van der Waals surface area contributed by atoms with E-state index in [9.17, 15) is 14.0 Å². The molecule has 1 aromatic heterocycles. The van der Waals surface area contributed by atoms with Crippen molar-refractivity contribution in [3.63, 3.8) is 0 Å². The molecule has 1 aliphatic carbocycles. The van der Waals surface area contributed by atoms with E-state index < -0.39 is 0 Å². The second-order valence-corrected chi connectivity index (χ2v) is 12.1. The minimum Gasteiger partial charge on any atom is -0.457 e. The number of halogens is 1. The first-order valence-electron chi connectivity index (χ1n) is 15.5. The molecule has 0 radical (unpaired) electrons. The summed E-state index contributed by atoms with van der Waals surface area (Å²) in [6.07, 6.45) is 6.30. The van der Waals surface area contributed by atoms with E-state index in [1.165, 1.54) is 25.0 Å². The molecule has 4 aromatic rings. The summed E-state index contributed by atoms with van der Waals surface area (Å²) in [5.41, 5.74) is 3.07. The van der Waals surface area contributed by atoms with Crippen LogP contribution in [0.1, 0.15) is 58.9 Å². The number of ether oxygens (including phenoxy) is 2. The average Bonchev–Trinajstić information content (AvgIpc) is 3.78. The third-order valence-corrected chi connectivity index (χ3v) is 8.61. The fraction of sp³-hybridized carbons (Fsp3) is 0.400. The van der Waals surface area contributed by atoms with Crippen LogP contribution in [0.25, 0.3) is 10.9 Å². The predicted molar refractivity (Wildman–Crippen MR) is 166 cm³/mol. The Morgan fingerprint density at radius 2 is 1.64 bits per heavy atom. The summed E-state index contributed by atoms with van der Waals surface area (Å²) in [5, 5.41) is 8.79. The van der Waals surface area contributed by atoms with Gasteiger partial charge in [0.05, 0.1) is 11.6 Å². The van der Waals surface area contributed by atoms with Crippen molar-refractivity contribution in [1.29, 1.82) is 0 Å². The summed E-state index contributed by atoms with van der Waals surface area (Å²) in [7, 11) is 0. The van der Waals surface area contributed by atoms with Crippen LogP contribution in [0.15, 0.2) is 66.9 Å². The van der Waals surface area contributed by atoms with E-state index in [0.29, 0.717) is 54.1 Å². The van der Waals surface area contributed by atoms with Gasteiger partial charge in [-0.25, -0.2) is 4.39 Å². The standard InChI is InChI=1S/C35H39FN4O4/c1-23(43-22-26-3-4-26)19-37-34(41)31-13-14-33-32(24(31)2)21-40(38-33)20-25-15-17-39(18-16-25)35(42)27-5-9-29(10-6-27)44-30-11-7-28(36)8-12-30/h5-14,21,23,25-26H,3-4,15-20,22H2,1-2H3,(H,37,41). The van der Waals surface area contributed by atoms with Crippen LogP contribution in [0, 0.1) is 24.6 Å². The number of aryl methyl sites for hydroxylation is 1. The van der Waals surface area contributed by atoms with E-state index in [2.05, 4.69) is 5.32 Å². The number of likely N-dealkylation sites (tertiary alicyclic amines) is 1. The third kappa shape index (κ3) is 7.27. The number of benzene rings is 3. The maximum Gasteiger partial charge on any atom is 0.253 e. The van der Waals surface area contributed by atoms with Gasteiger partial charge < -0.3 is 19.7 Å². The number of carbonyl (C=O) groups is 2. The molecule has 2 heterocycles. The van der Waals surface area contributed by atoms with Crippen molar-refractivity contribution < 1.29 is 23.5 Å². The lowest BCUT2D eigenvalue weighted by Crippen LogP contribution is -2.39. The monoisotopic (exact) mass is 598 g/mol. The summed E-state index contributed by atoms with van der Waals surface area (Å²) in [5.74, 6) is 1.82. The molecule has 0 spiro atoms. The molecule has 1 saturated heterocycles. The minimum atomic E-state index is -0.319. The third-order valence-electron chi connectivity index (χ3n) is 8.61. The molecule has 0 bridgehead atoms. The van der Waals surface area contributed by atoms with Crippen LogP contribution in [0.5, 0.6) is 11.5 Å². The van der Waals surface area contributed by atoms with Crippen molar-refractivity contribution in [2.24, 2.45) is 11.8 Å². The highest BCUT2D eigenvalue weighted by Crippen LogP contribution is 2.29. The zero-order valence-corrected chi connectivity index (χ0v) is 25.3. The second kappa shape index (κ2) is 13.2. The normalized spacial score (nSPS) is 16.2. The number of nitrogens with zero attached hydrogens (tertiary/aromatic N) is 3. The van der Waals surface area contributed by atoms with Gasteiger partial charge in [-0.15, -0.1) is 0 Å². The summed E-state index contributed by atoms with van der Waals surface area (Å²) >= 11 is 0. The Balaban J connectivity index is 0.996. The second-order valence-electron chi connectivity index (χ2n) is 12.1. The highest BCUT2D eigenvalue weighted by atomic mass is 19.1. The van der Waals surface area contributed by atoms with Crippen LogP contribution in [-0.4, -0.2) is 58.8 Å². The quantitative estimate of drug-likeness (QED) is 0.217. The van der Waals surface area contributed by atoms with Crippen molar-refractivity contribution in [1.82, 2.24) is 20.0 Å². The van der Waals surface area contributed by atoms with Gasteiger partial charge >= 0.3 is 0 Å². The molecular formula is C35H39FN4O4. The van der Waals surface area contributed by atoms with Crippen LogP contribution >= 0.6 is 0 Å². The molecule has 1 aliphatic heterocycles. The Morgan fingerprint density at radius 1 is 0.955 bits per heavy atom. The number of hydrogen-bond acceptors (Lipinski definition) is 5. The van der Waals surface area contributed by atoms with Gasteiger partial charge in [-0.05, 0) is 118 Å². The summed E-state index contributed by atoms with van der Waals surface area (Å²) in [4.78, 5) is 28.0. The molecule has 3 aromatic carbocycles. The van der Waals surface area contributed by atoms with Gasteiger partial charge in [-0.2, -0.15) is 5.10 Å². The number of piperidine rings is 1. The maximum absolute atomic E-state index is 13.1. The molecule has 1 atom stereocenters. The van der Waals surface area contributed by atoms with E-state index in [4.69, 9.17) is 14.6 Å². The largest absolute Gasteiger partial charge is 0.457 e. The van der Waals surface area contributed by atoms with E-state index >= 15 is 0 Å². The number of aromatic nitrogens is 2. The van der Waals surface area contributed by atoms with Gasteiger partial charge in [0.1, 0.15) is 17.3 Å². The fourth-order valence-electron chi connectivity index (χ4n) is 5.67. The van der Waals surface area contributed by atoms with Crippen molar-refractivity contribution in [2.75, 3.05) is 26.2 Å². The number of hydrogen-bond donors (Lipinski definition) is 1. The maximum atomic E-state index is 13.1. The summed E-state index contributed by atoms with van der Waals surface area (Å²) < 4.78 is 26.7. The van der Waals surface area contributed by atoms with Crippen LogP contribution in [0.4, 0.5) is 4.39 Å². The Hall–Kier alpha value is -4.24. The van der Waals surface area contributed by atoms with Crippen molar-refractivity contribution in [3.8, 4) is 11.5 Å². The number of carbonyl (C=O) groups excluding carboxylic acids is 2. The minimum absolute atomic E-state index is 0.00640. The van der Waals surface area contributed by atoms with Crippen LogP contribution in [0.2, 0.25) is 0 Å². The molecule has 6 rings (SSSR count). The zero-order valence-electron chi connectivity index (χ0n) is 25.3. The van der Waals surface area contributed by atoms with E-state index in [0.717, 1.165) is 42.5 Å². The Morgan fingerprint density at radius 3 is 2.32 bits per heavy atom. The molecule has 1 saturated carbocycles. The Labute approximate surface area is 257 Å². The SMILES string of the molecule is Cc1c(C(=O)NCC(C)OCC2CC2)ccc2nn(CC3CCN(C(=O)c4ccc(Oc5ccc(F)cc5)cc4)CC3)cc12. The van der Waals surface area contributed by atoms with E-state index in [-0.39, 0.29) is 23.7 Å². The smallest absolute Gasteiger partial charge is 0.253 e. The fourth-order valence-corrected chi connectivity index (χ4v) is 5.67. The lowest BCUT2D eigenvalue weighted by molar-refractivity contribution is 0.0555. The first-order chi connectivity index (χ1) is 21.3. The van der Waals surface area contributed by atoms with Crippen molar-refractivity contribution >= 4 is 22.7 Å². The molecule has 2 fully saturated rings. The molecule has 2 amide bonds. The summed E-state index contributed by atoms with van der Waals surface area (Å²) in [6, 6.07) is 16.6. The highest BCUT2D eigenvalue weighted by molar-refractivity contribution is 6.00. The first-order valence-corrected chi connectivity index (χ1v) is 15.5. The molecule has 8 nitrogen and oxygen atoms in total. The van der Waals surface area contributed by atoms with Gasteiger partial charge in [0.2, 0.25) is 0 Å². The first kappa shape index (κ1) is 29.8. The van der Waals surface area contributed by atoms with Gasteiger partial charge in [-0.3, -0.25) is 14.3 Å². The average molecular weight is 599 g/mol. The molecule has 9 heteroatoms. The van der Waals surface area contributed by atoms with E-state index in [1.54, 1.807) is 36.4 Å². The van der Waals surface area contributed by atoms with Gasteiger partial charge in [0.25, 0.3) is 11.8 Å². The zero-order chi connectivity index (χ0) is 30.6. The Kier molecular flexibility index (Phi) is 8.93. The van der Waals surface area contributed by atoms with Gasteiger partial charge in [0, 0.05) is 55.5 Å². The van der Waals surface area contributed by atoms with Crippen molar-refractivity contribution in [2.45, 2.75) is 52.2 Å². The van der Waals surface area contributed by atoms with Crippen LogP contribution in [-0.2, 0) is 11.3 Å². The van der Waals surface area contributed by atoms with Crippen LogP contribution in [0.3, 0.4) is 0 Å². The molecular weight excluding hydrogens is 559 g/mol. The molecule has 230 valence electrons. The number of nitrogens with one attached hydrogen (secondary N) is 1.